The molecule has 154 valence electrons. The first-order valence-corrected chi connectivity index (χ1v) is 9.72. The third kappa shape index (κ3) is 5.75. The molecule has 0 aliphatic heterocycles. The standard InChI is InChI=1S/C24H24FN3O2/c1-17-8-12-21(13-9-17)27-24(30)23(18-6-4-3-5-7-18)28(2)16-22(29)26-20-14-10-19(25)11-15-20/h3-15,23H,16H2,1-2H3,(H,26,29)(H,27,30)/p+1/t23-/m0/s1. The van der Waals surface area contributed by atoms with E-state index < -0.39 is 6.04 Å². The summed E-state index contributed by atoms with van der Waals surface area (Å²) < 4.78 is 13.1. The molecule has 3 aromatic rings. The zero-order valence-corrected chi connectivity index (χ0v) is 17.0. The Kier molecular flexibility index (Phi) is 6.93. The van der Waals surface area contributed by atoms with Gasteiger partial charge in [0.15, 0.2) is 12.6 Å². The van der Waals surface area contributed by atoms with Crippen LogP contribution in [0.25, 0.3) is 0 Å². The van der Waals surface area contributed by atoms with Crippen LogP contribution in [0.5, 0.6) is 0 Å². The summed E-state index contributed by atoms with van der Waals surface area (Å²) in [5.74, 6) is -0.826. The van der Waals surface area contributed by atoms with Gasteiger partial charge in [-0.25, -0.2) is 4.39 Å². The van der Waals surface area contributed by atoms with E-state index in [9.17, 15) is 14.0 Å². The van der Waals surface area contributed by atoms with Crippen LogP contribution in [-0.4, -0.2) is 25.4 Å². The molecule has 0 spiro atoms. The van der Waals surface area contributed by atoms with Gasteiger partial charge in [-0.05, 0) is 43.3 Å². The summed E-state index contributed by atoms with van der Waals surface area (Å²) in [6.45, 7) is 2.05. The smallest absolute Gasteiger partial charge is 0.287 e. The zero-order chi connectivity index (χ0) is 21.5. The number of hydrogen-bond acceptors (Lipinski definition) is 2. The van der Waals surface area contributed by atoms with Gasteiger partial charge < -0.3 is 15.5 Å². The molecule has 0 radical (unpaired) electrons. The number of rotatable bonds is 7. The van der Waals surface area contributed by atoms with Crippen molar-refractivity contribution in [3.05, 3.63) is 95.8 Å². The van der Waals surface area contributed by atoms with Crippen LogP contribution in [0.15, 0.2) is 78.9 Å². The third-order valence-electron chi connectivity index (χ3n) is 4.77. The highest BCUT2D eigenvalue weighted by Gasteiger charge is 2.30. The van der Waals surface area contributed by atoms with Crippen LogP contribution in [-0.2, 0) is 9.59 Å². The molecule has 2 atom stereocenters. The molecule has 0 fully saturated rings. The van der Waals surface area contributed by atoms with Gasteiger partial charge in [0, 0.05) is 16.9 Å². The zero-order valence-electron chi connectivity index (χ0n) is 17.0. The van der Waals surface area contributed by atoms with E-state index in [1.807, 2.05) is 61.5 Å². The first kappa shape index (κ1) is 21.2. The van der Waals surface area contributed by atoms with E-state index in [1.54, 1.807) is 7.05 Å². The molecular formula is C24H25FN3O2+. The predicted octanol–water partition coefficient (Wildman–Crippen LogP) is 2.97. The maximum Gasteiger partial charge on any atom is 0.287 e. The summed E-state index contributed by atoms with van der Waals surface area (Å²) in [7, 11) is 1.80. The molecule has 0 saturated carbocycles. The Morgan fingerprint density at radius 3 is 2.07 bits per heavy atom. The van der Waals surface area contributed by atoms with Gasteiger partial charge in [-0.1, -0.05) is 48.0 Å². The maximum absolute atomic E-state index is 13.1. The Morgan fingerprint density at radius 1 is 0.867 bits per heavy atom. The molecule has 0 aliphatic rings. The van der Waals surface area contributed by atoms with Crippen LogP contribution in [0.4, 0.5) is 15.8 Å². The number of anilines is 2. The van der Waals surface area contributed by atoms with Crippen molar-refractivity contribution in [3.63, 3.8) is 0 Å². The second-order valence-electron chi connectivity index (χ2n) is 7.28. The molecule has 3 aromatic carbocycles. The second-order valence-corrected chi connectivity index (χ2v) is 7.28. The number of quaternary nitrogens is 1. The van der Waals surface area contributed by atoms with Gasteiger partial charge in [0.05, 0.1) is 7.05 Å². The monoisotopic (exact) mass is 406 g/mol. The van der Waals surface area contributed by atoms with Crippen molar-refractivity contribution in [1.29, 1.82) is 0 Å². The molecule has 3 N–H and O–H groups in total. The minimum Gasteiger partial charge on any atom is -0.321 e. The molecule has 0 bridgehead atoms. The van der Waals surface area contributed by atoms with E-state index in [2.05, 4.69) is 10.6 Å². The van der Waals surface area contributed by atoms with Crippen LogP contribution in [0.3, 0.4) is 0 Å². The molecule has 3 rings (SSSR count). The van der Waals surface area contributed by atoms with E-state index in [0.29, 0.717) is 16.3 Å². The summed E-state index contributed by atoms with van der Waals surface area (Å²) >= 11 is 0. The van der Waals surface area contributed by atoms with Gasteiger partial charge in [0.2, 0.25) is 0 Å². The Hall–Kier alpha value is -3.51. The summed E-state index contributed by atoms with van der Waals surface area (Å²) in [5, 5.41) is 5.69. The highest BCUT2D eigenvalue weighted by Crippen LogP contribution is 2.15. The fraction of sp³-hybridized carbons (Fsp3) is 0.167. The topological polar surface area (TPSA) is 62.6 Å². The number of halogens is 1. The third-order valence-corrected chi connectivity index (χ3v) is 4.77. The Morgan fingerprint density at radius 2 is 1.43 bits per heavy atom. The summed E-state index contributed by atoms with van der Waals surface area (Å²) in [4.78, 5) is 26.3. The molecule has 6 heteroatoms. The summed E-state index contributed by atoms with van der Waals surface area (Å²) in [6.07, 6.45) is 0. The van der Waals surface area contributed by atoms with E-state index >= 15 is 0 Å². The summed E-state index contributed by atoms with van der Waals surface area (Å²) in [5.41, 5.74) is 3.13. The van der Waals surface area contributed by atoms with Crippen molar-refractivity contribution in [2.45, 2.75) is 13.0 Å². The van der Waals surface area contributed by atoms with E-state index in [4.69, 9.17) is 0 Å². The lowest BCUT2D eigenvalue weighted by molar-refractivity contribution is -0.893. The van der Waals surface area contributed by atoms with Gasteiger partial charge in [-0.15, -0.1) is 0 Å². The van der Waals surface area contributed by atoms with Gasteiger partial charge in [0.1, 0.15) is 5.82 Å². The second kappa shape index (κ2) is 9.80. The lowest BCUT2D eigenvalue weighted by atomic mass is 10.0. The highest BCUT2D eigenvalue weighted by molar-refractivity contribution is 5.95. The molecule has 5 nitrogen and oxygen atoms in total. The first-order valence-electron chi connectivity index (χ1n) is 9.72. The number of aryl methyl sites for hydroxylation is 1. The molecule has 0 heterocycles. The average molecular weight is 406 g/mol. The maximum atomic E-state index is 13.1. The number of nitrogens with one attached hydrogen (secondary N) is 3. The molecule has 2 amide bonds. The van der Waals surface area contributed by atoms with Crippen molar-refractivity contribution in [1.82, 2.24) is 0 Å². The predicted molar refractivity (Wildman–Crippen MR) is 116 cm³/mol. The largest absolute Gasteiger partial charge is 0.321 e. The Labute approximate surface area is 175 Å². The normalized spacial score (nSPS) is 12.6. The van der Waals surface area contributed by atoms with Crippen molar-refractivity contribution < 1.29 is 18.9 Å². The number of carbonyl (C=O) groups is 2. The van der Waals surface area contributed by atoms with Crippen LogP contribution in [0, 0.1) is 12.7 Å². The molecular weight excluding hydrogens is 381 g/mol. The van der Waals surface area contributed by atoms with E-state index in [-0.39, 0.29) is 24.2 Å². The lowest BCUT2D eigenvalue weighted by Gasteiger charge is -2.24. The van der Waals surface area contributed by atoms with Crippen molar-refractivity contribution >= 4 is 23.2 Å². The van der Waals surface area contributed by atoms with Crippen molar-refractivity contribution in [2.24, 2.45) is 0 Å². The van der Waals surface area contributed by atoms with E-state index in [1.165, 1.54) is 24.3 Å². The quantitative estimate of drug-likeness (QED) is 0.565. The Balaban J connectivity index is 1.74. The fourth-order valence-electron chi connectivity index (χ4n) is 3.25. The number of benzene rings is 3. The average Bonchev–Trinajstić information content (AvgIpc) is 2.72. The summed E-state index contributed by atoms with van der Waals surface area (Å²) in [6, 6.07) is 21.9. The molecule has 0 aliphatic carbocycles. The molecule has 0 saturated heterocycles. The van der Waals surface area contributed by atoms with Gasteiger partial charge in [0.25, 0.3) is 11.8 Å². The van der Waals surface area contributed by atoms with Gasteiger partial charge >= 0.3 is 0 Å². The minimum absolute atomic E-state index is 0.0677. The number of carbonyl (C=O) groups excluding carboxylic acids is 2. The lowest BCUT2D eigenvalue weighted by Crippen LogP contribution is -3.11. The molecule has 0 aromatic heterocycles. The highest BCUT2D eigenvalue weighted by atomic mass is 19.1. The first-order chi connectivity index (χ1) is 14.4. The van der Waals surface area contributed by atoms with Gasteiger partial charge in [-0.2, -0.15) is 0 Å². The molecule has 30 heavy (non-hydrogen) atoms. The van der Waals surface area contributed by atoms with Gasteiger partial charge in [-0.3, -0.25) is 9.59 Å². The van der Waals surface area contributed by atoms with Crippen molar-refractivity contribution in [2.75, 3.05) is 24.2 Å². The van der Waals surface area contributed by atoms with E-state index in [0.717, 1.165) is 11.1 Å². The SMILES string of the molecule is Cc1ccc(NC(=O)[C@H](c2ccccc2)[NH+](C)CC(=O)Nc2ccc(F)cc2)cc1. The fourth-order valence-corrected chi connectivity index (χ4v) is 3.25. The number of amides is 2. The Bertz CT molecular complexity index is 989. The van der Waals surface area contributed by atoms with Crippen LogP contribution in [0.1, 0.15) is 17.2 Å². The minimum atomic E-state index is -0.577. The van der Waals surface area contributed by atoms with Crippen LogP contribution in [0.2, 0.25) is 0 Å². The number of likely N-dealkylation sites (N-methyl/N-ethyl adjacent to an activating group) is 1. The number of hydrogen-bond donors (Lipinski definition) is 3. The van der Waals surface area contributed by atoms with Crippen molar-refractivity contribution in [3.8, 4) is 0 Å². The molecule has 1 unspecified atom stereocenters. The van der Waals surface area contributed by atoms with Crippen LogP contribution >= 0.6 is 0 Å². The van der Waals surface area contributed by atoms with Crippen LogP contribution < -0.4 is 15.5 Å².